The monoisotopic (exact) mass is 299 g/mol. The van der Waals surface area contributed by atoms with Crippen LogP contribution in [0.4, 0.5) is 5.82 Å². The Balaban J connectivity index is 1.62. The van der Waals surface area contributed by atoms with Gasteiger partial charge in [0.2, 0.25) is 0 Å². The second-order valence-electron chi connectivity index (χ2n) is 5.66. The maximum Gasteiger partial charge on any atom is 0.267 e. The van der Waals surface area contributed by atoms with Gasteiger partial charge in [0.25, 0.3) is 5.56 Å². The van der Waals surface area contributed by atoms with Gasteiger partial charge in [0.15, 0.2) is 0 Å². The van der Waals surface area contributed by atoms with Gasteiger partial charge in [-0.05, 0) is 25.3 Å². The van der Waals surface area contributed by atoms with Crippen molar-refractivity contribution in [3.63, 3.8) is 0 Å². The molecule has 2 atom stereocenters. The van der Waals surface area contributed by atoms with E-state index in [-0.39, 0.29) is 17.6 Å². The Morgan fingerprint density at radius 1 is 1.27 bits per heavy atom. The van der Waals surface area contributed by atoms with E-state index in [2.05, 4.69) is 20.4 Å². The first-order valence-corrected chi connectivity index (χ1v) is 7.54. The summed E-state index contributed by atoms with van der Waals surface area (Å²) in [6.07, 6.45) is 6.35. The number of nitrogens with zero attached hydrogens (tertiary/aromatic N) is 4. The van der Waals surface area contributed by atoms with Gasteiger partial charge in [-0.3, -0.25) is 4.79 Å². The van der Waals surface area contributed by atoms with Gasteiger partial charge in [-0.25, -0.2) is 14.6 Å². The highest BCUT2D eigenvalue weighted by Gasteiger charge is 2.32. The van der Waals surface area contributed by atoms with Crippen LogP contribution in [0.15, 0.2) is 29.5 Å². The third kappa shape index (κ3) is 2.27. The third-order valence-electron chi connectivity index (χ3n) is 4.30. The summed E-state index contributed by atoms with van der Waals surface area (Å²) < 4.78 is 7.06. The fourth-order valence-electron chi connectivity index (χ4n) is 3.20. The molecule has 0 radical (unpaired) electrons. The van der Waals surface area contributed by atoms with E-state index in [4.69, 9.17) is 4.74 Å². The molecule has 1 N–H and O–H groups in total. The van der Waals surface area contributed by atoms with Gasteiger partial charge >= 0.3 is 0 Å². The molecule has 114 valence electrons. The number of aromatic nitrogens is 4. The fourth-order valence-corrected chi connectivity index (χ4v) is 3.20. The number of nitrogens with one attached hydrogen (secondary N) is 1. The van der Waals surface area contributed by atoms with Crippen molar-refractivity contribution in [3.05, 3.63) is 46.3 Å². The Bertz CT molecular complexity index is 745. The maximum atomic E-state index is 12.0. The Labute approximate surface area is 127 Å². The molecule has 0 bridgehead atoms. The van der Waals surface area contributed by atoms with Gasteiger partial charge in [-0.1, -0.05) is 0 Å². The maximum absolute atomic E-state index is 12.0. The van der Waals surface area contributed by atoms with Crippen LogP contribution < -0.4 is 10.9 Å². The first-order valence-electron chi connectivity index (χ1n) is 7.54. The van der Waals surface area contributed by atoms with Crippen molar-refractivity contribution < 1.29 is 4.74 Å². The van der Waals surface area contributed by atoms with Crippen molar-refractivity contribution in [2.24, 2.45) is 0 Å². The highest BCUT2D eigenvalue weighted by molar-refractivity contribution is 5.49. The van der Waals surface area contributed by atoms with E-state index in [1.165, 1.54) is 16.3 Å². The van der Waals surface area contributed by atoms with Gasteiger partial charge in [0.05, 0.1) is 19.3 Å². The lowest BCUT2D eigenvalue weighted by molar-refractivity contribution is 0.182. The SMILES string of the molecule is O=c1cccnn1C1COCC1Nc1ncnc2c1CCC2. The molecule has 4 rings (SSSR count). The Hall–Kier alpha value is -2.28. The molecule has 2 aromatic rings. The summed E-state index contributed by atoms with van der Waals surface area (Å²) in [4.78, 5) is 20.7. The normalized spacial score (nSPS) is 23.5. The topological polar surface area (TPSA) is 81.9 Å². The summed E-state index contributed by atoms with van der Waals surface area (Å²) in [5, 5.41) is 7.62. The molecule has 7 nitrogen and oxygen atoms in total. The van der Waals surface area contributed by atoms with Crippen molar-refractivity contribution in [3.8, 4) is 0 Å². The molecule has 1 fully saturated rings. The van der Waals surface area contributed by atoms with E-state index >= 15 is 0 Å². The number of anilines is 1. The highest BCUT2D eigenvalue weighted by atomic mass is 16.5. The standard InChI is InChI=1S/C15H17N5O2/c21-14-5-2-6-18-20(14)13-8-22-7-12(13)19-15-10-3-1-4-11(10)16-9-17-15/h2,5-6,9,12-13H,1,3-4,7-8H2,(H,16,17,19). The lowest BCUT2D eigenvalue weighted by atomic mass is 10.1. The molecule has 22 heavy (non-hydrogen) atoms. The molecule has 2 aliphatic rings. The van der Waals surface area contributed by atoms with Crippen LogP contribution in [0, 0.1) is 0 Å². The summed E-state index contributed by atoms with van der Waals surface area (Å²) in [6.45, 7) is 1.01. The van der Waals surface area contributed by atoms with Gasteiger partial charge in [-0.2, -0.15) is 5.10 Å². The van der Waals surface area contributed by atoms with Gasteiger partial charge in [-0.15, -0.1) is 0 Å². The van der Waals surface area contributed by atoms with Crippen LogP contribution in [0.5, 0.6) is 0 Å². The Kier molecular flexibility index (Phi) is 3.34. The number of hydrogen-bond donors (Lipinski definition) is 1. The first kappa shape index (κ1) is 13.4. The van der Waals surface area contributed by atoms with Gasteiger partial charge in [0.1, 0.15) is 18.2 Å². The lowest BCUT2D eigenvalue weighted by Gasteiger charge is -2.21. The van der Waals surface area contributed by atoms with Crippen LogP contribution in [0.1, 0.15) is 23.7 Å². The minimum atomic E-state index is -0.124. The van der Waals surface area contributed by atoms with Crippen molar-refractivity contribution >= 4 is 5.82 Å². The Morgan fingerprint density at radius 2 is 2.23 bits per heavy atom. The largest absolute Gasteiger partial charge is 0.377 e. The summed E-state index contributed by atoms with van der Waals surface area (Å²) >= 11 is 0. The van der Waals surface area contributed by atoms with Crippen LogP contribution in [-0.2, 0) is 17.6 Å². The van der Waals surface area contributed by atoms with E-state index in [0.717, 1.165) is 30.8 Å². The molecule has 1 aliphatic carbocycles. The molecule has 2 aromatic heterocycles. The summed E-state index contributed by atoms with van der Waals surface area (Å²) in [7, 11) is 0. The van der Waals surface area contributed by atoms with Crippen molar-refractivity contribution in [2.45, 2.75) is 31.3 Å². The second kappa shape index (κ2) is 5.49. The van der Waals surface area contributed by atoms with Gasteiger partial charge in [0, 0.05) is 23.5 Å². The number of hydrogen-bond acceptors (Lipinski definition) is 6. The molecule has 1 saturated heterocycles. The average Bonchev–Trinajstić information content (AvgIpc) is 3.17. The molecular formula is C15H17N5O2. The summed E-state index contributed by atoms with van der Waals surface area (Å²) in [6, 6.07) is 3.02. The first-order chi connectivity index (χ1) is 10.8. The molecule has 0 spiro atoms. The summed E-state index contributed by atoms with van der Waals surface area (Å²) in [5.74, 6) is 0.868. The number of ether oxygens (including phenoxy) is 1. The van der Waals surface area contributed by atoms with Crippen molar-refractivity contribution in [1.82, 2.24) is 19.7 Å². The van der Waals surface area contributed by atoms with E-state index < -0.39 is 0 Å². The zero-order valence-corrected chi connectivity index (χ0v) is 12.1. The zero-order valence-electron chi connectivity index (χ0n) is 12.1. The predicted octanol–water partition coefficient (Wildman–Crippen LogP) is 0.574. The lowest BCUT2D eigenvalue weighted by Crippen LogP contribution is -2.37. The molecule has 2 unspecified atom stereocenters. The third-order valence-corrected chi connectivity index (χ3v) is 4.30. The van der Waals surface area contributed by atoms with Crippen LogP contribution in [0.3, 0.4) is 0 Å². The number of rotatable bonds is 3. The minimum absolute atomic E-state index is 0.0211. The van der Waals surface area contributed by atoms with E-state index in [0.29, 0.717) is 13.2 Å². The van der Waals surface area contributed by atoms with E-state index in [9.17, 15) is 4.79 Å². The molecule has 1 aliphatic heterocycles. The van der Waals surface area contributed by atoms with Crippen molar-refractivity contribution in [2.75, 3.05) is 18.5 Å². The van der Waals surface area contributed by atoms with Crippen LogP contribution in [0.2, 0.25) is 0 Å². The molecule has 0 aromatic carbocycles. The van der Waals surface area contributed by atoms with Crippen LogP contribution in [0.25, 0.3) is 0 Å². The molecular weight excluding hydrogens is 282 g/mol. The summed E-state index contributed by atoms with van der Waals surface area (Å²) in [5.41, 5.74) is 2.21. The Morgan fingerprint density at radius 3 is 3.14 bits per heavy atom. The smallest absolute Gasteiger partial charge is 0.267 e. The van der Waals surface area contributed by atoms with Crippen LogP contribution in [-0.4, -0.2) is 39.0 Å². The second-order valence-corrected chi connectivity index (χ2v) is 5.66. The van der Waals surface area contributed by atoms with Crippen LogP contribution >= 0.6 is 0 Å². The number of aryl methyl sites for hydroxylation is 1. The molecule has 0 amide bonds. The number of fused-ring (bicyclic) bond motifs is 1. The average molecular weight is 299 g/mol. The fraction of sp³-hybridized carbons (Fsp3) is 0.467. The molecule has 3 heterocycles. The highest BCUT2D eigenvalue weighted by Crippen LogP contribution is 2.28. The van der Waals surface area contributed by atoms with E-state index in [1.54, 1.807) is 18.6 Å². The van der Waals surface area contributed by atoms with Gasteiger partial charge < -0.3 is 10.1 Å². The minimum Gasteiger partial charge on any atom is -0.377 e. The quantitative estimate of drug-likeness (QED) is 0.892. The molecule has 7 heteroatoms. The van der Waals surface area contributed by atoms with E-state index in [1.807, 2.05) is 0 Å². The van der Waals surface area contributed by atoms with Crippen molar-refractivity contribution in [1.29, 1.82) is 0 Å². The molecule has 0 saturated carbocycles. The predicted molar refractivity (Wildman–Crippen MR) is 79.8 cm³/mol. The zero-order chi connectivity index (χ0) is 14.9.